The summed E-state index contributed by atoms with van der Waals surface area (Å²) in [5.41, 5.74) is 2.54. The fraction of sp³-hybridized carbons (Fsp3) is 0.364. The molecule has 1 atom stereocenters. The minimum absolute atomic E-state index is 0.147. The molecule has 1 saturated heterocycles. The SMILES string of the molecule is COc1ccc(C(C)NC(=O)c2ccc(CN3CCCC3=O)cc2)cc1OC. The fourth-order valence-corrected chi connectivity index (χ4v) is 3.34. The van der Waals surface area contributed by atoms with Crippen molar-refractivity contribution < 1.29 is 19.1 Å². The van der Waals surface area contributed by atoms with E-state index in [0.29, 0.717) is 30.0 Å². The Labute approximate surface area is 165 Å². The van der Waals surface area contributed by atoms with E-state index in [1.807, 2.05) is 42.2 Å². The summed E-state index contributed by atoms with van der Waals surface area (Å²) in [6, 6.07) is 12.8. The second kappa shape index (κ2) is 8.78. The lowest BCUT2D eigenvalue weighted by Crippen LogP contribution is -2.27. The summed E-state index contributed by atoms with van der Waals surface area (Å²) >= 11 is 0. The molecule has 2 aromatic rings. The number of hydrogen-bond donors (Lipinski definition) is 1. The van der Waals surface area contributed by atoms with Crippen LogP contribution in [-0.4, -0.2) is 37.5 Å². The van der Waals surface area contributed by atoms with Crippen LogP contribution in [0, 0.1) is 0 Å². The maximum Gasteiger partial charge on any atom is 0.251 e. The number of methoxy groups -OCH3 is 2. The monoisotopic (exact) mass is 382 g/mol. The minimum atomic E-state index is -0.186. The molecule has 1 unspecified atom stereocenters. The van der Waals surface area contributed by atoms with Gasteiger partial charge in [0, 0.05) is 25.1 Å². The van der Waals surface area contributed by atoms with E-state index in [2.05, 4.69) is 5.32 Å². The highest BCUT2D eigenvalue weighted by molar-refractivity contribution is 5.94. The highest BCUT2D eigenvalue weighted by Gasteiger charge is 2.20. The summed E-state index contributed by atoms with van der Waals surface area (Å²) in [6.45, 7) is 3.33. The molecular formula is C22H26N2O4. The molecule has 1 aliphatic rings. The summed E-state index contributed by atoms with van der Waals surface area (Å²) in [5, 5.41) is 3.00. The maximum absolute atomic E-state index is 12.6. The Morgan fingerprint density at radius 1 is 1.11 bits per heavy atom. The molecule has 2 amide bonds. The first-order valence-electron chi connectivity index (χ1n) is 9.41. The van der Waals surface area contributed by atoms with Crippen molar-refractivity contribution in [1.29, 1.82) is 0 Å². The average molecular weight is 382 g/mol. The highest BCUT2D eigenvalue weighted by Crippen LogP contribution is 2.30. The van der Waals surface area contributed by atoms with Gasteiger partial charge in [0.25, 0.3) is 5.91 Å². The summed E-state index contributed by atoms with van der Waals surface area (Å²) < 4.78 is 10.6. The Bertz CT molecular complexity index is 848. The van der Waals surface area contributed by atoms with Gasteiger partial charge in [-0.3, -0.25) is 9.59 Å². The van der Waals surface area contributed by atoms with Gasteiger partial charge in [0.1, 0.15) is 0 Å². The molecule has 1 N–H and O–H groups in total. The number of carbonyl (C=O) groups is 2. The largest absolute Gasteiger partial charge is 0.493 e. The molecule has 1 heterocycles. The number of benzene rings is 2. The van der Waals surface area contributed by atoms with E-state index in [4.69, 9.17) is 9.47 Å². The smallest absolute Gasteiger partial charge is 0.251 e. The molecule has 28 heavy (non-hydrogen) atoms. The van der Waals surface area contributed by atoms with Crippen molar-refractivity contribution >= 4 is 11.8 Å². The zero-order valence-electron chi connectivity index (χ0n) is 16.5. The number of nitrogens with zero attached hydrogens (tertiary/aromatic N) is 1. The number of ether oxygens (including phenoxy) is 2. The van der Waals surface area contributed by atoms with Gasteiger partial charge in [-0.1, -0.05) is 18.2 Å². The molecule has 1 fully saturated rings. The van der Waals surface area contributed by atoms with E-state index in [-0.39, 0.29) is 17.9 Å². The average Bonchev–Trinajstić information content (AvgIpc) is 3.12. The number of rotatable bonds is 7. The van der Waals surface area contributed by atoms with Gasteiger partial charge in [-0.2, -0.15) is 0 Å². The van der Waals surface area contributed by atoms with Crippen molar-refractivity contribution in [3.8, 4) is 11.5 Å². The third-order valence-electron chi connectivity index (χ3n) is 5.02. The topological polar surface area (TPSA) is 67.9 Å². The van der Waals surface area contributed by atoms with Crippen LogP contribution in [0.1, 0.15) is 47.3 Å². The molecule has 6 heteroatoms. The third kappa shape index (κ3) is 4.44. The Balaban J connectivity index is 1.63. The first-order valence-corrected chi connectivity index (χ1v) is 9.41. The van der Waals surface area contributed by atoms with E-state index in [1.165, 1.54) is 0 Å². The zero-order valence-corrected chi connectivity index (χ0v) is 16.5. The van der Waals surface area contributed by atoms with Gasteiger partial charge in [-0.25, -0.2) is 0 Å². The van der Waals surface area contributed by atoms with Crippen LogP contribution in [-0.2, 0) is 11.3 Å². The summed E-state index contributed by atoms with van der Waals surface area (Å²) in [7, 11) is 3.17. The summed E-state index contributed by atoms with van der Waals surface area (Å²) in [6.07, 6.45) is 1.56. The van der Waals surface area contributed by atoms with Crippen molar-refractivity contribution in [1.82, 2.24) is 10.2 Å². The van der Waals surface area contributed by atoms with Gasteiger partial charge in [0.05, 0.1) is 20.3 Å². The van der Waals surface area contributed by atoms with Gasteiger partial charge in [0.2, 0.25) is 5.91 Å². The normalized spacial score (nSPS) is 14.7. The van der Waals surface area contributed by atoms with Crippen LogP contribution in [0.25, 0.3) is 0 Å². The van der Waals surface area contributed by atoms with Crippen molar-refractivity contribution in [2.75, 3.05) is 20.8 Å². The van der Waals surface area contributed by atoms with Crippen molar-refractivity contribution in [2.45, 2.75) is 32.4 Å². The number of amides is 2. The fourth-order valence-electron chi connectivity index (χ4n) is 3.34. The van der Waals surface area contributed by atoms with Crippen LogP contribution in [0.5, 0.6) is 11.5 Å². The Morgan fingerprint density at radius 2 is 1.82 bits per heavy atom. The maximum atomic E-state index is 12.6. The van der Waals surface area contributed by atoms with Gasteiger partial charge in [0.15, 0.2) is 11.5 Å². The Morgan fingerprint density at radius 3 is 2.43 bits per heavy atom. The van der Waals surface area contributed by atoms with Crippen LogP contribution in [0.3, 0.4) is 0 Å². The molecule has 0 spiro atoms. The molecule has 0 bridgehead atoms. The van der Waals surface area contributed by atoms with Crippen LogP contribution >= 0.6 is 0 Å². The van der Waals surface area contributed by atoms with Gasteiger partial charge < -0.3 is 19.7 Å². The minimum Gasteiger partial charge on any atom is -0.493 e. The van der Waals surface area contributed by atoms with E-state index < -0.39 is 0 Å². The lowest BCUT2D eigenvalue weighted by molar-refractivity contribution is -0.128. The lowest BCUT2D eigenvalue weighted by Gasteiger charge is -2.17. The zero-order chi connectivity index (χ0) is 20.1. The van der Waals surface area contributed by atoms with E-state index in [9.17, 15) is 9.59 Å². The Kier molecular flexibility index (Phi) is 6.19. The van der Waals surface area contributed by atoms with Gasteiger partial charge >= 0.3 is 0 Å². The van der Waals surface area contributed by atoms with Crippen molar-refractivity contribution in [3.05, 3.63) is 59.2 Å². The Hall–Kier alpha value is -3.02. The predicted octanol–water partition coefficient (Wildman–Crippen LogP) is 3.32. The molecule has 3 rings (SSSR count). The van der Waals surface area contributed by atoms with Crippen molar-refractivity contribution in [3.63, 3.8) is 0 Å². The van der Waals surface area contributed by atoms with Crippen LogP contribution in [0.4, 0.5) is 0 Å². The summed E-state index contributed by atoms with van der Waals surface area (Å²) in [4.78, 5) is 26.2. The third-order valence-corrected chi connectivity index (χ3v) is 5.02. The summed E-state index contributed by atoms with van der Waals surface area (Å²) in [5.74, 6) is 1.33. The molecule has 0 saturated carbocycles. The number of carbonyl (C=O) groups excluding carboxylic acids is 2. The molecular weight excluding hydrogens is 356 g/mol. The van der Waals surface area contributed by atoms with E-state index >= 15 is 0 Å². The number of nitrogens with one attached hydrogen (secondary N) is 1. The van der Waals surface area contributed by atoms with Crippen LogP contribution in [0.2, 0.25) is 0 Å². The lowest BCUT2D eigenvalue weighted by atomic mass is 10.1. The standard InChI is InChI=1S/C22H26N2O4/c1-15(18-10-11-19(27-2)20(13-18)28-3)23-22(26)17-8-6-16(7-9-17)14-24-12-4-5-21(24)25/h6-11,13,15H,4-5,12,14H2,1-3H3,(H,23,26). The first kappa shape index (κ1) is 19.7. The quantitative estimate of drug-likeness (QED) is 0.798. The molecule has 2 aromatic carbocycles. The number of hydrogen-bond acceptors (Lipinski definition) is 4. The molecule has 6 nitrogen and oxygen atoms in total. The van der Waals surface area contributed by atoms with E-state index in [0.717, 1.165) is 24.1 Å². The molecule has 148 valence electrons. The van der Waals surface area contributed by atoms with Crippen molar-refractivity contribution in [2.24, 2.45) is 0 Å². The number of likely N-dealkylation sites (tertiary alicyclic amines) is 1. The predicted molar refractivity (Wildman–Crippen MR) is 107 cm³/mol. The van der Waals surface area contributed by atoms with Crippen LogP contribution < -0.4 is 14.8 Å². The molecule has 1 aliphatic heterocycles. The van der Waals surface area contributed by atoms with Gasteiger partial charge in [-0.15, -0.1) is 0 Å². The van der Waals surface area contributed by atoms with Gasteiger partial charge in [-0.05, 0) is 48.7 Å². The highest BCUT2D eigenvalue weighted by atomic mass is 16.5. The second-order valence-corrected chi connectivity index (χ2v) is 6.93. The van der Waals surface area contributed by atoms with Crippen LogP contribution in [0.15, 0.2) is 42.5 Å². The second-order valence-electron chi connectivity index (χ2n) is 6.93. The molecule has 0 aromatic heterocycles. The van der Waals surface area contributed by atoms with E-state index in [1.54, 1.807) is 26.4 Å². The first-order chi connectivity index (χ1) is 13.5. The molecule has 0 radical (unpaired) electrons. The molecule has 0 aliphatic carbocycles.